The molecule has 1 heterocycles. The molecule has 134 valence electrons. The van der Waals surface area contributed by atoms with Crippen LogP contribution in [0.5, 0.6) is 5.75 Å². The first-order chi connectivity index (χ1) is 12.5. The number of ketones is 1. The number of thioether (sulfide) groups is 1. The molecule has 1 aromatic heterocycles. The van der Waals surface area contributed by atoms with E-state index in [-0.39, 0.29) is 17.3 Å². The van der Waals surface area contributed by atoms with Crippen molar-refractivity contribution in [3.63, 3.8) is 0 Å². The number of carbonyl (C=O) groups is 1. The Bertz CT molecular complexity index is 956. The molecular weight excluding hydrogens is 353 g/mol. The van der Waals surface area contributed by atoms with E-state index in [1.807, 2.05) is 42.8 Å². The maximum absolute atomic E-state index is 13.8. The highest BCUT2D eigenvalue weighted by atomic mass is 32.2. The lowest BCUT2D eigenvalue weighted by Gasteiger charge is -2.06. The summed E-state index contributed by atoms with van der Waals surface area (Å²) in [5, 5.41) is 9.04. The van der Waals surface area contributed by atoms with E-state index in [4.69, 9.17) is 4.74 Å². The molecule has 0 atom stereocenters. The van der Waals surface area contributed by atoms with Gasteiger partial charge in [-0.2, -0.15) is 0 Å². The number of hydrogen-bond acceptors (Lipinski definition) is 5. The standard InChI is InChI=1S/C19H18FN3O2S/c1-12-6-4-5-7-14(12)18-21-22-19(23(18)2)26-11-16(24)13-8-9-17(25-3)15(20)10-13/h4-10H,11H2,1-3H3. The fourth-order valence-electron chi connectivity index (χ4n) is 2.55. The molecule has 0 spiro atoms. The molecule has 0 radical (unpaired) electrons. The molecule has 0 N–H and O–H groups in total. The number of aryl methyl sites for hydroxylation is 1. The summed E-state index contributed by atoms with van der Waals surface area (Å²) < 4.78 is 20.5. The number of aromatic nitrogens is 3. The van der Waals surface area contributed by atoms with Crippen molar-refractivity contribution in [3.8, 4) is 17.1 Å². The number of carbonyl (C=O) groups excluding carboxylic acids is 1. The summed E-state index contributed by atoms with van der Waals surface area (Å²) >= 11 is 1.27. The van der Waals surface area contributed by atoms with E-state index < -0.39 is 5.82 Å². The second-order valence-corrected chi connectivity index (χ2v) is 6.68. The minimum absolute atomic E-state index is 0.116. The van der Waals surface area contributed by atoms with Crippen molar-refractivity contribution in [2.75, 3.05) is 12.9 Å². The van der Waals surface area contributed by atoms with Crippen LogP contribution in [0.3, 0.4) is 0 Å². The van der Waals surface area contributed by atoms with Gasteiger partial charge in [0, 0.05) is 18.2 Å². The fraction of sp³-hybridized carbons (Fsp3) is 0.211. The van der Waals surface area contributed by atoms with E-state index in [0.29, 0.717) is 10.7 Å². The van der Waals surface area contributed by atoms with Crippen molar-refractivity contribution >= 4 is 17.5 Å². The lowest BCUT2D eigenvalue weighted by Crippen LogP contribution is -2.05. The number of hydrogen-bond donors (Lipinski definition) is 0. The third-order valence-corrected chi connectivity index (χ3v) is 5.05. The molecule has 5 nitrogen and oxygen atoms in total. The predicted molar refractivity (Wildman–Crippen MR) is 99.2 cm³/mol. The van der Waals surface area contributed by atoms with Crippen molar-refractivity contribution in [1.29, 1.82) is 0 Å². The van der Waals surface area contributed by atoms with Crippen LogP contribution < -0.4 is 4.74 Å². The topological polar surface area (TPSA) is 57.0 Å². The fourth-order valence-corrected chi connectivity index (χ4v) is 3.36. The molecule has 0 saturated heterocycles. The van der Waals surface area contributed by atoms with Gasteiger partial charge in [0.05, 0.1) is 12.9 Å². The minimum atomic E-state index is -0.552. The summed E-state index contributed by atoms with van der Waals surface area (Å²) in [6.45, 7) is 2.01. The van der Waals surface area contributed by atoms with Crippen LogP contribution >= 0.6 is 11.8 Å². The monoisotopic (exact) mass is 371 g/mol. The molecule has 0 fully saturated rings. The largest absolute Gasteiger partial charge is 0.494 e. The lowest BCUT2D eigenvalue weighted by atomic mass is 10.1. The van der Waals surface area contributed by atoms with Crippen LogP contribution in [0.25, 0.3) is 11.4 Å². The van der Waals surface area contributed by atoms with E-state index >= 15 is 0 Å². The number of ether oxygens (including phenoxy) is 1. The lowest BCUT2D eigenvalue weighted by molar-refractivity contribution is 0.102. The molecule has 0 aliphatic carbocycles. The normalized spacial score (nSPS) is 10.8. The van der Waals surface area contributed by atoms with Crippen LogP contribution in [0.15, 0.2) is 47.6 Å². The molecule has 2 aromatic carbocycles. The van der Waals surface area contributed by atoms with Crippen LogP contribution in [-0.4, -0.2) is 33.4 Å². The first kappa shape index (κ1) is 18.1. The Kier molecular flexibility index (Phi) is 5.37. The summed E-state index contributed by atoms with van der Waals surface area (Å²) in [5.41, 5.74) is 2.40. The zero-order valence-electron chi connectivity index (χ0n) is 14.7. The molecule has 26 heavy (non-hydrogen) atoms. The van der Waals surface area contributed by atoms with Crippen molar-refractivity contribution in [2.45, 2.75) is 12.1 Å². The number of methoxy groups -OCH3 is 1. The molecule has 0 aliphatic heterocycles. The molecule has 0 aliphatic rings. The molecule has 7 heteroatoms. The van der Waals surface area contributed by atoms with Crippen LogP contribution in [-0.2, 0) is 7.05 Å². The zero-order valence-corrected chi connectivity index (χ0v) is 15.5. The number of nitrogens with zero attached hydrogens (tertiary/aromatic N) is 3. The average molecular weight is 371 g/mol. The van der Waals surface area contributed by atoms with Gasteiger partial charge in [0.1, 0.15) is 0 Å². The van der Waals surface area contributed by atoms with Crippen molar-refractivity contribution in [2.24, 2.45) is 7.05 Å². The molecular formula is C19H18FN3O2S. The van der Waals surface area contributed by atoms with Gasteiger partial charge in [-0.1, -0.05) is 36.0 Å². The van der Waals surface area contributed by atoms with Crippen LogP contribution in [0.2, 0.25) is 0 Å². The van der Waals surface area contributed by atoms with Gasteiger partial charge >= 0.3 is 0 Å². The van der Waals surface area contributed by atoms with Gasteiger partial charge in [-0.05, 0) is 30.7 Å². The van der Waals surface area contributed by atoms with Gasteiger partial charge in [-0.25, -0.2) is 4.39 Å². The Balaban J connectivity index is 1.74. The highest BCUT2D eigenvalue weighted by Crippen LogP contribution is 2.26. The average Bonchev–Trinajstić information content (AvgIpc) is 3.00. The SMILES string of the molecule is COc1ccc(C(=O)CSc2nnc(-c3ccccc3C)n2C)cc1F. The Morgan fingerprint density at radius 3 is 2.69 bits per heavy atom. The maximum Gasteiger partial charge on any atom is 0.191 e. The van der Waals surface area contributed by atoms with Gasteiger partial charge in [0.25, 0.3) is 0 Å². The second-order valence-electron chi connectivity index (χ2n) is 5.74. The van der Waals surface area contributed by atoms with Crippen LogP contribution in [0, 0.1) is 12.7 Å². The van der Waals surface area contributed by atoms with Gasteiger partial charge < -0.3 is 9.30 Å². The smallest absolute Gasteiger partial charge is 0.191 e. The van der Waals surface area contributed by atoms with Gasteiger partial charge in [0.2, 0.25) is 0 Å². The molecule has 3 rings (SSSR count). The highest BCUT2D eigenvalue weighted by molar-refractivity contribution is 7.99. The summed E-state index contributed by atoms with van der Waals surface area (Å²) in [6, 6.07) is 12.1. The highest BCUT2D eigenvalue weighted by Gasteiger charge is 2.16. The van der Waals surface area contributed by atoms with Gasteiger partial charge in [-0.15, -0.1) is 10.2 Å². The Morgan fingerprint density at radius 2 is 2.00 bits per heavy atom. The number of benzene rings is 2. The van der Waals surface area contributed by atoms with E-state index in [2.05, 4.69) is 10.2 Å². The summed E-state index contributed by atoms with van der Waals surface area (Å²) in [5.74, 6) is 0.269. The summed E-state index contributed by atoms with van der Waals surface area (Å²) in [4.78, 5) is 12.3. The summed E-state index contributed by atoms with van der Waals surface area (Å²) in [6.07, 6.45) is 0. The minimum Gasteiger partial charge on any atom is -0.494 e. The van der Waals surface area contributed by atoms with E-state index in [1.165, 1.54) is 31.0 Å². The molecule has 3 aromatic rings. The zero-order chi connectivity index (χ0) is 18.7. The third kappa shape index (κ3) is 3.62. The molecule has 0 unspecified atom stereocenters. The molecule has 0 amide bonds. The second kappa shape index (κ2) is 7.70. The van der Waals surface area contributed by atoms with Crippen LogP contribution in [0.4, 0.5) is 4.39 Å². The number of rotatable bonds is 6. The first-order valence-electron chi connectivity index (χ1n) is 7.96. The van der Waals surface area contributed by atoms with Crippen molar-refractivity contribution in [3.05, 3.63) is 59.4 Å². The van der Waals surface area contributed by atoms with Crippen molar-refractivity contribution in [1.82, 2.24) is 14.8 Å². The Labute approximate surface area is 155 Å². The van der Waals surface area contributed by atoms with E-state index in [9.17, 15) is 9.18 Å². The van der Waals surface area contributed by atoms with E-state index in [0.717, 1.165) is 17.0 Å². The van der Waals surface area contributed by atoms with Gasteiger partial charge in [-0.3, -0.25) is 4.79 Å². The van der Waals surface area contributed by atoms with Crippen LogP contribution in [0.1, 0.15) is 15.9 Å². The summed E-state index contributed by atoms with van der Waals surface area (Å²) in [7, 11) is 3.25. The third-order valence-electron chi connectivity index (χ3n) is 4.03. The first-order valence-corrected chi connectivity index (χ1v) is 8.94. The van der Waals surface area contributed by atoms with E-state index in [1.54, 1.807) is 6.07 Å². The Hall–Kier alpha value is -2.67. The predicted octanol–water partition coefficient (Wildman–Crippen LogP) is 3.91. The number of halogens is 1. The van der Waals surface area contributed by atoms with Gasteiger partial charge in [0.15, 0.2) is 28.3 Å². The molecule has 0 saturated carbocycles. The molecule has 0 bridgehead atoms. The van der Waals surface area contributed by atoms with Crippen molar-refractivity contribution < 1.29 is 13.9 Å². The number of Topliss-reactive ketones (excluding diaryl/α,β-unsaturated/α-hetero) is 1. The Morgan fingerprint density at radius 1 is 1.23 bits per heavy atom. The maximum atomic E-state index is 13.8. The quantitative estimate of drug-likeness (QED) is 0.486.